The lowest BCUT2D eigenvalue weighted by molar-refractivity contribution is 0.619. The van der Waals surface area contributed by atoms with E-state index in [2.05, 4.69) is 11.4 Å². The molecule has 0 unspecified atom stereocenters. The predicted molar refractivity (Wildman–Crippen MR) is 95.4 cm³/mol. The lowest BCUT2D eigenvalue weighted by Gasteiger charge is -2.15. The zero-order valence-corrected chi connectivity index (χ0v) is 13.7. The molecule has 4 heteroatoms. The highest BCUT2D eigenvalue weighted by molar-refractivity contribution is 5.95. The van der Waals surface area contributed by atoms with E-state index in [4.69, 9.17) is 4.98 Å². The van der Waals surface area contributed by atoms with Crippen molar-refractivity contribution in [2.45, 2.75) is 26.2 Å². The molecule has 4 rings (SSSR count). The van der Waals surface area contributed by atoms with Crippen LogP contribution in [0.25, 0.3) is 10.9 Å². The monoisotopic (exact) mass is 328 g/mol. The van der Waals surface area contributed by atoms with Crippen molar-refractivity contribution in [2.24, 2.45) is 0 Å². The Bertz CT molecular complexity index is 877. The van der Waals surface area contributed by atoms with Gasteiger partial charge in [0.2, 0.25) is 0 Å². The highest BCUT2D eigenvalue weighted by Crippen LogP contribution is 2.35. The molecule has 1 heterocycles. The number of rotatable bonds is 2. The van der Waals surface area contributed by atoms with Gasteiger partial charge in [-0.1, -0.05) is 24.3 Å². The zero-order valence-electron chi connectivity index (χ0n) is 12.9. The first-order chi connectivity index (χ1) is 10.7. The Balaban J connectivity index is 0.00000156. The molecular formula is C19H18ClFN2. The van der Waals surface area contributed by atoms with Crippen molar-refractivity contribution in [3.63, 3.8) is 0 Å². The average molecular weight is 329 g/mol. The number of nitrogens with zero attached hydrogens (tertiary/aromatic N) is 1. The Kier molecular flexibility index (Phi) is 4.22. The molecule has 0 radical (unpaired) electrons. The number of aryl methyl sites for hydroxylation is 2. The van der Waals surface area contributed by atoms with Gasteiger partial charge in [0, 0.05) is 16.8 Å². The van der Waals surface area contributed by atoms with Gasteiger partial charge in [-0.3, -0.25) is 4.98 Å². The first kappa shape index (κ1) is 15.8. The van der Waals surface area contributed by atoms with Crippen LogP contribution >= 0.6 is 12.4 Å². The van der Waals surface area contributed by atoms with Crippen molar-refractivity contribution in [2.75, 3.05) is 5.32 Å². The van der Waals surface area contributed by atoms with Crippen molar-refractivity contribution >= 4 is 34.7 Å². The molecule has 0 bridgehead atoms. The molecule has 1 aliphatic rings. The fraction of sp³-hybridized carbons (Fsp3) is 0.211. The minimum atomic E-state index is -0.181. The van der Waals surface area contributed by atoms with Gasteiger partial charge in [0.05, 0.1) is 11.2 Å². The van der Waals surface area contributed by atoms with Crippen molar-refractivity contribution in [3.05, 3.63) is 65.1 Å². The maximum Gasteiger partial charge on any atom is 0.128 e. The van der Waals surface area contributed by atoms with Crippen LogP contribution in [0.2, 0.25) is 0 Å². The molecular weight excluding hydrogens is 311 g/mol. The quantitative estimate of drug-likeness (QED) is 0.687. The maximum absolute atomic E-state index is 13.8. The normalized spacial score (nSPS) is 12.8. The summed E-state index contributed by atoms with van der Waals surface area (Å²) in [5, 5.41) is 4.54. The average Bonchev–Trinajstić information content (AvgIpc) is 2.99. The van der Waals surface area contributed by atoms with Gasteiger partial charge in [0.15, 0.2) is 0 Å². The van der Waals surface area contributed by atoms with Gasteiger partial charge in [-0.25, -0.2) is 4.39 Å². The van der Waals surface area contributed by atoms with E-state index in [-0.39, 0.29) is 18.2 Å². The third-order valence-corrected chi connectivity index (χ3v) is 4.36. The number of halogens is 2. The van der Waals surface area contributed by atoms with Crippen molar-refractivity contribution in [3.8, 4) is 0 Å². The third-order valence-electron chi connectivity index (χ3n) is 4.36. The van der Waals surface area contributed by atoms with E-state index in [1.54, 1.807) is 19.1 Å². The summed E-state index contributed by atoms with van der Waals surface area (Å²) in [6, 6.07) is 13.4. The molecule has 0 amide bonds. The molecule has 0 spiro atoms. The summed E-state index contributed by atoms with van der Waals surface area (Å²) in [6.07, 6.45) is 3.19. The fourth-order valence-electron chi connectivity index (χ4n) is 3.17. The summed E-state index contributed by atoms with van der Waals surface area (Å²) in [5.74, 6) is -0.181. The Labute approximate surface area is 141 Å². The van der Waals surface area contributed by atoms with E-state index in [0.29, 0.717) is 5.56 Å². The van der Waals surface area contributed by atoms with Gasteiger partial charge in [0.1, 0.15) is 5.82 Å². The molecule has 1 aliphatic carbocycles. The summed E-state index contributed by atoms with van der Waals surface area (Å²) in [6.45, 7) is 1.78. The largest absolute Gasteiger partial charge is 0.355 e. The van der Waals surface area contributed by atoms with Crippen LogP contribution in [0.1, 0.15) is 23.2 Å². The standard InChI is InChI=1S/C19H17FN2.ClH/c1-12-9-10-13(11-16(12)20)21-19-14-5-2-3-7-17(14)22-18-8-4-6-15(18)19;/h2-3,5,7,9-11H,4,6,8H2,1H3,(H,21,22);1H. The summed E-state index contributed by atoms with van der Waals surface area (Å²) >= 11 is 0. The molecule has 1 N–H and O–H groups in total. The Morgan fingerprint density at radius 3 is 2.74 bits per heavy atom. The van der Waals surface area contributed by atoms with E-state index < -0.39 is 0 Å². The third kappa shape index (κ3) is 2.77. The minimum Gasteiger partial charge on any atom is -0.355 e. The van der Waals surface area contributed by atoms with E-state index in [0.717, 1.165) is 41.5 Å². The fourth-order valence-corrected chi connectivity index (χ4v) is 3.17. The van der Waals surface area contributed by atoms with Crippen LogP contribution < -0.4 is 5.32 Å². The summed E-state index contributed by atoms with van der Waals surface area (Å²) in [5.41, 5.74) is 5.98. The number of benzene rings is 2. The molecule has 2 nitrogen and oxygen atoms in total. The molecule has 23 heavy (non-hydrogen) atoms. The van der Waals surface area contributed by atoms with E-state index in [1.165, 1.54) is 11.3 Å². The number of para-hydroxylation sites is 1. The molecule has 0 atom stereocenters. The number of hydrogen-bond donors (Lipinski definition) is 1. The second-order valence-electron chi connectivity index (χ2n) is 5.87. The van der Waals surface area contributed by atoms with E-state index >= 15 is 0 Å². The van der Waals surface area contributed by atoms with E-state index in [9.17, 15) is 4.39 Å². The van der Waals surface area contributed by atoms with Gasteiger partial charge in [-0.2, -0.15) is 0 Å². The number of fused-ring (bicyclic) bond motifs is 2. The van der Waals surface area contributed by atoms with Crippen molar-refractivity contribution in [1.82, 2.24) is 4.98 Å². The lowest BCUT2D eigenvalue weighted by Crippen LogP contribution is -2.00. The van der Waals surface area contributed by atoms with Gasteiger partial charge in [-0.15, -0.1) is 12.4 Å². The molecule has 0 fully saturated rings. The Hall–Kier alpha value is -2.13. The smallest absolute Gasteiger partial charge is 0.128 e. The predicted octanol–water partition coefficient (Wildman–Crippen LogP) is 5.34. The molecule has 0 aliphatic heterocycles. The molecule has 0 saturated heterocycles. The van der Waals surface area contributed by atoms with Crippen LogP contribution in [0, 0.1) is 12.7 Å². The highest BCUT2D eigenvalue weighted by Gasteiger charge is 2.19. The second kappa shape index (κ2) is 6.17. The molecule has 3 aromatic rings. The molecule has 118 valence electrons. The first-order valence-corrected chi connectivity index (χ1v) is 7.66. The number of anilines is 2. The van der Waals surface area contributed by atoms with Gasteiger partial charge in [0.25, 0.3) is 0 Å². The maximum atomic E-state index is 13.8. The van der Waals surface area contributed by atoms with Crippen LogP contribution in [-0.4, -0.2) is 4.98 Å². The first-order valence-electron chi connectivity index (χ1n) is 7.66. The highest BCUT2D eigenvalue weighted by atomic mass is 35.5. The van der Waals surface area contributed by atoms with Crippen LogP contribution in [0.5, 0.6) is 0 Å². The number of hydrogen-bond acceptors (Lipinski definition) is 2. The summed E-state index contributed by atoms with van der Waals surface area (Å²) in [7, 11) is 0. The second-order valence-corrected chi connectivity index (χ2v) is 5.87. The van der Waals surface area contributed by atoms with E-state index in [1.807, 2.05) is 24.3 Å². The number of nitrogens with one attached hydrogen (secondary N) is 1. The lowest BCUT2D eigenvalue weighted by atomic mass is 10.1. The number of pyridine rings is 1. The van der Waals surface area contributed by atoms with Gasteiger partial charge < -0.3 is 5.32 Å². The van der Waals surface area contributed by atoms with Crippen molar-refractivity contribution in [1.29, 1.82) is 0 Å². The molecule has 0 saturated carbocycles. The molecule has 2 aromatic carbocycles. The molecule has 1 aromatic heterocycles. The van der Waals surface area contributed by atoms with Crippen LogP contribution in [0.15, 0.2) is 42.5 Å². The zero-order chi connectivity index (χ0) is 15.1. The topological polar surface area (TPSA) is 24.9 Å². The SMILES string of the molecule is Cc1ccc(Nc2c3c(nc4ccccc24)CCC3)cc1F.Cl. The minimum absolute atomic E-state index is 0. The Morgan fingerprint density at radius 2 is 1.91 bits per heavy atom. The van der Waals surface area contributed by atoms with Crippen LogP contribution in [-0.2, 0) is 12.8 Å². The van der Waals surface area contributed by atoms with Gasteiger partial charge >= 0.3 is 0 Å². The number of aromatic nitrogens is 1. The van der Waals surface area contributed by atoms with Gasteiger partial charge in [-0.05, 0) is 55.5 Å². The van der Waals surface area contributed by atoms with Crippen LogP contribution in [0.4, 0.5) is 15.8 Å². The Morgan fingerprint density at radius 1 is 1.09 bits per heavy atom. The van der Waals surface area contributed by atoms with Crippen LogP contribution in [0.3, 0.4) is 0 Å². The summed E-state index contributed by atoms with van der Waals surface area (Å²) < 4.78 is 13.8. The summed E-state index contributed by atoms with van der Waals surface area (Å²) in [4.78, 5) is 4.78. The van der Waals surface area contributed by atoms with Crippen molar-refractivity contribution < 1.29 is 4.39 Å².